The van der Waals surface area contributed by atoms with Crippen LogP contribution >= 0.6 is 38.2 Å². The molecular formula is C9H7BrCl2O5S. The number of hydrogen-bond donors (Lipinski definition) is 0. The van der Waals surface area contributed by atoms with Crippen LogP contribution in [0.4, 0.5) is 0 Å². The molecule has 0 saturated heterocycles. The molecule has 1 aromatic carbocycles. The number of benzene rings is 1. The molecule has 0 aliphatic rings. The molecule has 0 aliphatic carbocycles. The fourth-order valence-electron chi connectivity index (χ4n) is 1.05. The number of methoxy groups -OCH3 is 1. The molecule has 0 N–H and O–H groups in total. The Kier molecular flexibility index (Phi) is 5.27. The molecule has 9 heteroatoms. The summed E-state index contributed by atoms with van der Waals surface area (Å²) < 4.78 is 32.4. The topological polar surface area (TPSA) is 69.7 Å². The van der Waals surface area contributed by atoms with Crippen LogP contribution in [0.5, 0.6) is 5.75 Å². The van der Waals surface area contributed by atoms with E-state index in [1.165, 1.54) is 13.2 Å². The molecule has 0 heterocycles. The van der Waals surface area contributed by atoms with Crippen LogP contribution in [-0.2, 0) is 18.6 Å². The first-order chi connectivity index (χ1) is 8.25. The van der Waals surface area contributed by atoms with Crippen LogP contribution in [0.15, 0.2) is 21.5 Å². The standard InChI is InChI=1S/C9H7BrCl2O5S/c1-16-8(13)4-17-9-6(10)2-5(11)3-7(9)18(12,14)15/h2-3H,4H2,1H3. The summed E-state index contributed by atoms with van der Waals surface area (Å²) in [5.41, 5.74) is 0. The van der Waals surface area contributed by atoms with Gasteiger partial charge in [0, 0.05) is 15.7 Å². The van der Waals surface area contributed by atoms with Gasteiger partial charge in [0.2, 0.25) is 0 Å². The van der Waals surface area contributed by atoms with Crippen molar-refractivity contribution in [1.82, 2.24) is 0 Å². The van der Waals surface area contributed by atoms with E-state index in [2.05, 4.69) is 20.7 Å². The summed E-state index contributed by atoms with van der Waals surface area (Å²) in [5.74, 6) is -0.755. The summed E-state index contributed by atoms with van der Waals surface area (Å²) in [6, 6.07) is 2.54. The van der Waals surface area contributed by atoms with Gasteiger partial charge in [-0.3, -0.25) is 0 Å². The number of hydrogen-bond acceptors (Lipinski definition) is 5. The number of halogens is 3. The Balaban J connectivity index is 3.21. The van der Waals surface area contributed by atoms with Crippen molar-refractivity contribution in [1.29, 1.82) is 0 Å². The Morgan fingerprint density at radius 2 is 2.06 bits per heavy atom. The molecule has 0 atom stereocenters. The predicted octanol–water partition coefficient (Wildman–Crippen LogP) is 2.58. The quantitative estimate of drug-likeness (QED) is 0.595. The maximum Gasteiger partial charge on any atom is 0.343 e. The first kappa shape index (κ1) is 15.6. The second kappa shape index (κ2) is 6.10. The van der Waals surface area contributed by atoms with E-state index in [4.69, 9.17) is 27.0 Å². The van der Waals surface area contributed by atoms with Crippen LogP contribution in [0.2, 0.25) is 5.02 Å². The lowest BCUT2D eigenvalue weighted by atomic mass is 10.3. The molecule has 5 nitrogen and oxygen atoms in total. The van der Waals surface area contributed by atoms with Gasteiger partial charge in [-0.15, -0.1) is 0 Å². The molecule has 0 radical (unpaired) electrons. The molecule has 0 spiro atoms. The smallest absolute Gasteiger partial charge is 0.343 e. The molecule has 0 unspecified atom stereocenters. The third kappa shape index (κ3) is 4.01. The minimum atomic E-state index is -4.05. The zero-order valence-electron chi connectivity index (χ0n) is 8.95. The number of carbonyl (C=O) groups is 1. The zero-order chi connectivity index (χ0) is 13.9. The Bertz CT molecular complexity index is 573. The van der Waals surface area contributed by atoms with Gasteiger partial charge < -0.3 is 9.47 Å². The van der Waals surface area contributed by atoms with Gasteiger partial charge in [0.1, 0.15) is 4.90 Å². The molecule has 1 aromatic rings. The van der Waals surface area contributed by atoms with Gasteiger partial charge in [-0.25, -0.2) is 13.2 Å². The Morgan fingerprint density at radius 1 is 1.44 bits per heavy atom. The largest absolute Gasteiger partial charge is 0.479 e. The van der Waals surface area contributed by atoms with Crippen molar-refractivity contribution in [2.24, 2.45) is 0 Å². The molecule has 0 saturated carbocycles. The molecular weight excluding hydrogens is 371 g/mol. The van der Waals surface area contributed by atoms with Gasteiger partial charge in [-0.05, 0) is 28.1 Å². The second-order valence-electron chi connectivity index (χ2n) is 3.02. The summed E-state index contributed by atoms with van der Waals surface area (Å²) in [6.45, 7) is -0.448. The van der Waals surface area contributed by atoms with Crippen molar-refractivity contribution < 1.29 is 22.7 Å². The van der Waals surface area contributed by atoms with Crippen molar-refractivity contribution in [2.45, 2.75) is 4.90 Å². The Labute approximate surface area is 122 Å². The number of esters is 1. The Hall–Kier alpha value is -0.500. The number of rotatable bonds is 4. The van der Waals surface area contributed by atoms with E-state index >= 15 is 0 Å². The highest BCUT2D eigenvalue weighted by molar-refractivity contribution is 9.10. The van der Waals surface area contributed by atoms with Crippen LogP contribution in [0.25, 0.3) is 0 Å². The van der Waals surface area contributed by atoms with Crippen molar-refractivity contribution >= 4 is 53.2 Å². The molecule has 1 rings (SSSR count). The number of carbonyl (C=O) groups excluding carboxylic acids is 1. The fraction of sp³-hybridized carbons (Fsp3) is 0.222. The normalized spacial score (nSPS) is 11.1. The van der Waals surface area contributed by atoms with E-state index in [0.29, 0.717) is 0 Å². The van der Waals surface area contributed by atoms with E-state index in [1.54, 1.807) is 0 Å². The maximum atomic E-state index is 11.4. The minimum absolute atomic E-state index is 0.0974. The second-order valence-corrected chi connectivity index (χ2v) is 6.84. The van der Waals surface area contributed by atoms with Gasteiger partial charge >= 0.3 is 5.97 Å². The first-order valence-electron chi connectivity index (χ1n) is 4.39. The maximum absolute atomic E-state index is 11.4. The molecule has 0 aliphatic heterocycles. The third-order valence-corrected chi connectivity index (χ3v) is 3.93. The van der Waals surface area contributed by atoms with Crippen LogP contribution < -0.4 is 4.74 Å². The van der Waals surface area contributed by atoms with Gasteiger partial charge in [0.15, 0.2) is 12.4 Å². The van der Waals surface area contributed by atoms with E-state index in [0.717, 1.165) is 6.07 Å². The summed E-state index contributed by atoms with van der Waals surface area (Å²) in [7, 11) is 2.38. The average Bonchev–Trinajstić information content (AvgIpc) is 2.25. The van der Waals surface area contributed by atoms with E-state index in [9.17, 15) is 13.2 Å². The molecule has 0 aromatic heterocycles. The molecule has 100 valence electrons. The van der Waals surface area contributed by atoms with Crippen molar-refractivity contribution in [2.75, 3.05) is 13.7 Å². The Morgan fingerprint density at radius 3 is 2.56 bits per heavy atom. The number of ether oxygens (including phenoxy) is 2. The van der Waals surface area contributed by atoms with Crippen molar-refractivity contribution in [3.05, 3.63) is 21.6 Å². The SMILES string of the molecule is COC(=O)COc1c(Br)cc(Cl)cc1S(=O)(=O)Cl. The molecule has 0 fully saturated rings. The van der Waals surface area contributed by atoms with Crippen molar-refractivity contribution in [3.8, 4) is 5.75 Å². The summed E-state index contributed by atoms with van der Waals surface area (Å²) in [5, 5.41) is 0.159. The van der Waals surface area contributed by atoms with Crippen LogP contribution in [0, 0.1) is 0 Å². The van der Waals surface area contributed by atoms with Crippen LogP contribution in [-0.4, -0.2) is 28.1 Å². The monoisotopic (exact) mass is 376 g/mol. The molecule has 0 bridgehead atoms. The molecule has 18 heavy (non-hydrogen) atoms. The highest BCUT2D eigenvalue weighted by Gasteiger charge is 2.21. The molecule has 0 amide bonds. The minimum Gasteiger partial charge on any atom is -0.479 e. The van der Waals surface area contributed by atoms with E-state index in [1.807, 2.05) is 0 Å². The highest BCUT2D eigenvalue weighted by atomic mass is 79.9. The lowest BCUT2D eigenvalue weighted by Gasteiger charge is -2.11. The zero-order valence-corrected chi connectivity index (χ0v) is 12.9. The first-order valence-corrected chi connectivity index (χ1v) is 7.87. The summed E-state index contributed by atoms with van der Waals surface area (Å²) in [4.78, 5) is 10.6. The summed E-state index contributed by atoms with van der Waals surface area (Å²) >= 11 is 8.80. The van der Waals surface area contributed by atoms with Crippen molar-refractivity contribution in [3.63, 3.8) is 0 Å². The lowest BCUT2D eigenvalue weighted by Crippen LogP contribution is -2.14. The van der Waals surface area contributed by atoms with E-state index < -0.39 is 21.6 Å². The van der Waals surface area contributed by atoms with Crippen LogP contribution in [0.3, 0.4) is 0 Å². The van der Waals surface area contributed by atoms with Gasteiger partial charge in [-0.2, -0.15) is 0 Å². The lowest BCUT2D eigenvalue weighted by molar-refractivity contribution is -0.143. The van der Waals surface area contributed by atoms with Gasteiger partial charge in [0.05, 0.1) is 11.6 Å². The average molecular weight is 378 g/mol. The van der Waals surface area contributed by atoms with Crippen LogP contribution in [0.1, 0.15) is 0 Å². The third-order valence-electron chi connectivity index (χ3n) is 1.80. The highest BCUT2D eigenvalue weighted by Crippen LogP contribution is 2.37. The van der Waals surface area contributed by atoms with E-state index in [-0.39, 0.29) is 20.1 Å². The summed E-state index contributed by atoms with van der Waals surface area (Å²) in [6.07, 6.45) is 0. The van der Waals surface area contributed by atoms with Gasteiger partial charge in [0.25, 0.3) is 9.05 Å². The predicted molar refractivity (Wildman–Crippen MR) is 69.7 cm³/mol. The van der Waals surface area contributed by atoms with Gasteiger partial charge in [-0.1, -0.05) is 11.6 Å². The fourth-order valence-corrected chi connectivity index (χ4v) is 3.17.